The summed E-state index contributed by atoms with van der Waals surface area (Å²) in [5, 5.41) is 18.4. The second-order valence-corrected chi connectivity index (χ2v) is 3.65. The summed E-state index contributed by atoms with van der Waals surface area (Å²) in [6, 6.07) is 9.02. The number of hydrogen-bond donors (Lipinski definition) is 1. The van der Waals surface area contributed by atoms with E-state index in [4.69, 9.17) is 26.7 Å². The molecular weight excluding hydrogens is 202 g/mol. The quantitative estimate of drug-likeness (QED) is 0.754. The number of benzene rings is 1. The molecule has 2 unspecified atom stereocenters. The fourth-order valence-electron chi connectivity index (χ4n) is 1.39. The van der Waals surface area contributed by atoms with Crippen LogP contribution in [0.2, 0.25) is 5.02 Å². The second-order valence-electron chi connectivity index (χ2n) is 3.21. The number of nitrogens with zero attached hydrogens (tertiary/aromatic N) is 1. The van der Waals surface area contributed by atoms with Gasteiger partial charge in [0, 0.05) is 5.02 Å². The van der Waals surface area contributed by atoms with Crippen LogP contribution in [0.4, 0.5) is 0 Å². The van der Waals surface area contributed by atoms with E-state index >= 15 is 0 Å². The second kappa shape index (κ2) is 3.25. The van der Waals surface area contributed by atoms with Crippen molar-refractivity contribution in [3.63, 3.8) is 0 Å². The molecular formula is C10H8ClNO2. The van der Waals surface area contributed by atoms with Crippen molar-refractivity contribution in [2.75, 3.05) is 6.61 Å². The van der Waals surface area contributed by atoms with Crippen LogP contribution in [0.25, 0.3) is 0 Å². The minimum Gasteiger partial charge on any atom is -0.392 e. The summed E-state index contributed by atoms with van der Waals surface area (Å²) in [5.41, 5.74) is -0.168. The molecule has 1 heterocycles. The Labute approximate surface area is 86.5 Å². The zero-order valence-electron chi connectivity index (χ0n) is 7.27. The number of nitriles is 1. The van der Waals surface area contributed by atoms with Crippen molar-refractivity contribution in [3.05, 3.63) is 34.9 Å². The summed E-state index contributed by atoms with van der Waals surface area (Å²) < 4.78 is 5.17. The molecule has 14 heavy (non-hydrogen) atoms. The predicted molar refractivity (Wildman–Crippen MR) is 50.7 cm³/mol. The van der Waals surface area contributed by atoms with Gasteiger partial charge >= 0.3 is 0 Å². The molecule has 1 aromatic rings. The molecule has 1 saturated heterocycles. The summed E-state index contributed by atoms with van der Waals surface area (Å²) in [5.74, 6) is 0. The minimum absolute atomic E-state index is 0.281. The number of aliphatic hydroxyl groups is 1. The molecule has 0 amide bonds. The molecule has 0 aliphatic carbocycles. The van der Waals surface area contributed by atoms with Gasteiger partial charge in [-0.2, -0.15) is 5.26 Å². The van der Waals surface area contributed by atoms with Gasteiger partial charge in [0.05, 0.1) is 6.61 Å². The molecule has 2 atom stereocenters. The van der Waals surface area contributed by atoms with E-state index in [2.05, 4.69) is 0 Å². The van der Waals surface area contributed by atoms with E-state index in [0.29, 0.717) is 5.02 Å². The van der Waals surface area contributed by atoms with Crippen molar-refractivity contribution in [2.45, 2.75) is 11.7 Å². The highest BCUT2D eigenvalue weighted by Crippen LogP contribution is 2.48. The summed E-state index contributed by atoms with van der Waals surface area (Å²) in [6.07, 6.45) is -0.324. The van der Waals surface area contributed by atoms with E-state index < -0.39 is 5.60 Å². The highest BCUT2D eigenvalue weighted by Gasteiger charge is 2.57. The van der Waals surface area contributed by atoms with Gasteiger partial charge in [0.1, 0.15) is 12.2 Å². The Morgan fingerprint density at radius 3 is 2.57 bits per heavy atom. The lowest BCUT2D eigenvalue weighted by atomic mass is 10.0. The van der Waals surface area contributed by atoms with Gasteiger partial charge in [-0.1, -0.05) is 23.7 Å². The first-order valence-electron chi connectivity index (χ1n) is 4.17. The highest BCUT2D eigenvalue weighted by atomic mass is 35.5. The van der Waals surface area contributed by atoms with Crippen molar-refractivity contribution in [1.29, 1.82) is 5.26 Å². The molecule has 1 fully saturated rings. The summed E-state index contributed by atoms with van der Waals surface area (Å²) >= 11 is 5.72. The van der Waals surface area contributed by atoms with Crippen LogP contribution in [-0.4, -0.2) is 17.3 Å². The molecule has 1 aliphatic rings. The van der Waals surface area contributed by atoms with E-state index in [9.17, 15) is 0 Å². The Balaban J connectivity index is 2.21. The monoisotopic (exact) mass is 209 g/mol. The number of rotatable bonds is 2. The third-order valence-electron chi connectivity index (χ3n) is 2.29. The molecule has 0 radical (unpaired) electrons. The maximum Gasteiger partial charge on any atom is 0.208 e. The Kier molecular flexibility index (Phi) is 2.20. The topological polar surface area (TPSA) is 56.5 Å². The first-order valence-corrected chi connectivity index (χ1v) is 4.55. The van der Waals surface area contributed by atoms with Crippen LogP contribution in [0, 0.1) is 11.3 Å². The average molecular weight is 210 g/mol. The van der Waals surface area contributed by atoms with Crippen LogP contribution < -0.4 is 0 Å². The summed E-state index contributed by atoms with van der Waals surface area (Å²) in [4.78, 5) is 0. The van der Waals surface area contributed by atoms with Gasteiger partial charge in [0.15, 0.2) is 0 Å². The number of hydrogen-bond acceptors (Lipinski definition) is 3. The van der Waals surface area contributed by atoms with Crippen LogP contribution >= 0.6 is 11.6 Å². The van der Waals surface area contributed by atoms with Crippen LogP contribution in [0.3, 0.4) is 0 Å². The zero-order valence-corrected chi connectivity index (χ0v) is 8.03. The molecule has 0 bridgehead atoms. The van der Waals surface area contributed by atoms with Crippen molar-refractivity contribution >= 4 is 11.6 Å². The number of epoxide rings is 1. The molecule has 3 nitrogen and oxygen atoms in total. The Hall–Kier alpha value is -1.08. The standard InChI is InChI=1S/C10H8ClNO2/c11-8-3-1-7(2-4-8)9-10(5-12,6-13)14-9/h1-4,9,13H,6H2. The van der Waals surface area contributed by atoms with Gasteiger partial charge in [0.2, 0.25) is 5.60 Å². The van der Waals surface area contributed by atoms with Gasteiger partial charge in [0.25, 0.3) is 0 Å². The number of aliphatic hydroxyl groups excluding tert-OH is 1. The fourth-order valence-corrected chi connectivity index (χ4v) is 1.52. The molecule has 1 aromatic carbocycles. The van der Waals surface area contributed by atoms with E-state index in [1.807, 2.05) is 6.07 Å². The Bertz CT molecular complexity index is 384. The molecule has 0 aromatic heterocycles. The first-order chi connectivity index (χ1) is 6.72. The van der Waals surface area contributed by atoms with Crippen molar-refractivity contribution in [3.8, 4) is 6.07 Å². The van der Waals surface area contributed by atoms with E-state index in [-0.39, 0.29) is 12.7 Å². The third-order valence-corrected chi connectivity index (χ3v) is 2.54. The molecule has 1 N–H and O–H groups in total. The average Bonchev–Trinajstić information content (AvgIpc) is 2.94. The third kappa shape index (κ3) is 1.38. The smallest absolute Gasteiger partial charge is 0.208 e. The summed E-state index contributed by atoms with van der Waals surface area (Å²) in [6.45, 7) is -0.281. The SMILES string of the molecule is N#CC1(CO)OC1c1ccc(Cl)cc1. The van der Waals surface area contributed by atoms with Gasteiger partial charge in [-0.15, -0.1) is 0 Å². The molecule has 1 aliphatic heterocycles. The lowest BCUT2D eigenvalue weighted by molar-refractivity contribution is 0.206. The maximum absolute atomic E-state index is 8.97. The Morgan fingerprint density at radius 2 is 2.14 bits per heavy atom. The first kappa shape index (κ1) is 9.47. The van der Waals surface area contributed by atoms with E-state index in [0.717, 1.165) is 5.56 Å². The lowest BCUT2D eigenvalue weighted by Crippen LogP contribution is -2.14. The predicted octanol–water partition coefficient (Wildman–Crippen LogP) is 1.67. The number of ether oxygens (including phenoxy) is 1. The zero-order chi connectivity index (χ0) is 10.2. The maximum atomic E-state index is 8.97. The van der Waals surface area contributed by atoms with Crippen molar-refractivity contribution < 1.29 is 9.84 Å². The highest BCUT2D eigenvalue weighted by molar-refractivity contribution is 6.30. The van der Waals surface area contributed by atoms with E-state index in [1.165, 1.54) is 0 Å². The van der Waals surface area contributed by atoms with Crippen LogP contribution in [-0.2, 0) is 4.74 Å². The Morgan fingerprint density at radius 1 is 1.50 bits per heavy atom. The molecule has 2 rings (SSSR count). The largest absolute Gasteiger partial charge is 0.392 e. The van der Waals surface area contributed by atoms with Crippen LogP contribution in [0.1, 0.15) is 11.7 Å². The van der Waals surface area contributed by atoms with Crippen LogP contribution in [0.15, 0.2) is 24.3 Å². The number of halogens is 1. The molecule has 72 valence electrons. The molecule has 0 saturated carbocycles. The minimum atomic E-state index is -1.03. The van der Waals surface area contributed by atoms with Crippen LogP contribution in [0.5, 0.6) is 0 Å². The summed E-state index contributed by atoms with van der Waals surface area (Å²) in [7, 11) is 0. The van der Waals surface area contributed by atoms with Gasteiger partial charge in [-0.3, -0.25) is 0 Å². The fraction of sp³-hybridized carbons (Fsp3) is 0.300. The van der Waals surface area contributed by atoms with Gasteiger partial charge in [-0.25, -0.2) is 0 Å². The normalized spacial score (nSPS) is 29.6. The van der Waals surface area contributed by atoms with Gasteiger partial charge in [-0.05, 0) is 17.7 Å². The lowest BCUT2D eigenvalue weighted by Gasteiger charge is -1.98. The van der Waals surface area contributed by atoms with E-state index in [1.54, 1.807) is 24.3 Å². The molecule has 0 spiro atoms. The van der Waals surface area contributed by atoms with Crippen molar-refractivity contribution in [2.24, 2.45) is 0 Å². The van der Waals surface area contributed by atoms with Gasteiger partial charge < -0.3 is 9.84 Å². The molecule has 4 heteroatoms. The van der Waals surface area contributed by atoms with Crippen molar-refractivity contribution in [1.82, 2.24) is 0 Å².